The van der Waals surface area contributed by atoms with E-state index in [0.717, 1.165) is 34.1 Å². The molecule has 3 aromatic carbocycles. The van der Waals surface area contributed by atoms with Crippen LogP contribution in [0.2, 0.25) is 0 Å². The minimum absolute atomic E-state index is 0.399. The molecule has 1 heterocycles. The van der Waals surface area contributed by atoms with Crippen LogP contribution in [0.25, 0.3) is 0 Å². The van der Waals surface area contributed by atoms with Crippen LogP contribution in [-0.4, -0.2) is 29.2 Å². The van der Waals surface area contributed by atoms with Gasteiger partial charge in [-0.1, -0.05) is 12.1 Å². The summed E-state index contributed by atoms with van der Waals surface area (Å²) in [5.41, 5.74) is 3.68. The normalized spacial score (nSPS) is 10.3. The van der Waals surface area contributed by atoms with Gasteiger partial charge in [-0.05, 0) is 73.2 Å². The van der Waals surface area contributed by atoms with Crippen molar-refractivity contribution in [3.05, 3.63) is 78.4 Å². The molecule has 0 unspecified atom stereocenters. The maximum Gasteiger partial charge on any atom is 0.233 e. The summed E-state index contributed by atoms with van der Waals surface area (Å²) < 4.78 is 10.4. The number of nitrogens with one attached hydrogen (secondary N) is 3. The van der Waals surface area contributed by atoms with Gasteiger partial charge in [0.2, 0.25) is 17.8 Å². The van der Waals surface area contributed by atoms with Crippen LogP contribution in [-0.2, 0) is 0 Å². The highest BCUT2D eigenvalue weighted by atomic mass is 16.5. The van der Waals surface area contributed by atoms with E-state index in [-0.39, 0.29) is 0 Å². The van der Waals surface area contributed by atoms with Crippen molar-refractivity contribution in [2.24, 2.45) is 0 Å². The van der Waals surface area contributed by atoms with Crippen molar-refractivity contribution in [2.45, 2.75) is 6.92 Å². The van der Waals surface area contributed by atoms with E-state index in [1.54, 1.807) is 14.2 Å². The number of aryl methyl sites for hydroxylation is 1. The van der Waals surface area contributed by atoms with Gasteiger partial charge in [-0.25, -0.2) is 0 Å². The topological polar surface area (TPSA) is 93.2 Å². The largest absolute Gasteiger partial charge is 0.497 e. The lowest BCUT2D eigenvalue weighted by molar-refractivity contribution is 0.415. The van der Waals surface area contributed by atoms with Crippen LogP contribution >= 0.6 is 0 Å². The SMILES string of the molecule is COc1ccc(Nc2nc(Nc3ccc(OC)cc3)nc(Nc3cccc(C)c3)n2)cc1. The molecule has 3 N–H and O–H groups in total. The van der Waals surface area contributed by atoms with Crippen LogP contribution in [0, 0.1) is 6.92 Å². The Morgan fingerprint density at radius 3 is 1.41 bits per heavy atom. The molecule has 0 spiro atoms. The molecule has 0 aliphatic heterocycles. The molecular formula is C24H24N6O2. The lowest BCUT2D eigenvalue weighted by atomic mass is 10.2. The molecule has 32 heavy (non-hydrogen) atoms. The Bertz CT molecular complexity index is 1110. The number of rotatable bonds is 8. The first-order valence-corrected chi connectivity index (χ1v) is 10.0. The smallest absolute Gasteiger partial charge is 0.233 e. The zero-order chi connectivity index (χ0) is 22.3. The summed E-state index contributed by atoms with van der Waals surface area (Å²) >= 11 is 0. The monoisotopic (exact) mass is 428 g/mol. The van der Waals surface area contributed by atoms with Crippen LogP contribution in [0.1, 0.15) is 5.56 Å². The van der Waals surface area contributed by atoms with Crippen LogP contribution in [0.3, 0.4) is 0 Å². The molecule has 0 atom stereocenters. The van der Waals surface area contributed by atoms with Gasteiger partial charge in [0, 0.05) is 17.1 Å². The highest BCUT2D eigenvalue weighted by Crippen LogP contribution is 2.23. The van der Waals surface area contributed by atoms with E-state index < -0.39 is 0 Å². The average Bonchev–Trinajstić information content (AvgIpc) is 2.80. The fraction of sp³-hybridized carbons (Fsp3) is 0.125. The molecule has 8 heteroatoms. The van der Waals surface area contributed by atoms with Crippen LogP contribution in [0.15, 0.2) is 72.8 Å². The van der Waals surface area contributed by atoms with Crippen molar-refractivity contribution in [1.29, 1.82) is 0 Å². The number of anilines is 6. The quantitative estimate of drug-likeness (QED) is 0.342. The van der Waals surface area contributed by atoms with Gasteiger partial charge in [-0.15, -0.1) is 0 Å². The number of nitrogens with zero attached hydrogens (tertiary/aromatic N) is 3. The summed E-state index contributed by atoms with van der Waals surface area (Å²) in [6.45, 7) is 2.03. The van der Waals surface area contributed by atoms with E-state index in [0.29, 0.717) is 17.8 Å². The molecule has 4 rings (SSSR count). The minimum Gasteiger partial charge on any atom is -0.497 e. The third-order valence-electron chi connectivity index (χ3n) is 4.60. The van der Waals surface area contributed by atoms with Crippen LogP contribution < -0.4 is 25.4 Å². The standard InChI is InChI=1S/C24H24N6O2/c1-16-5-4-6-19(15-16)27-24-29-22(25-17-7-11-20(31-2)12-8-17)28-23(30-24)26-18-9-13-21(32-3)14-10-18/h4-15H,1-3H3,(H3,25,26,27,28,29,30). The molecular weight excluding hydrogens is 404 g/mol. The van der Waals surface area contributed by atoms with Crippen LogP contribution in [0.4, 0.5) is 34.9 Å². The Balaban J connectivity index is 1.62. The summed E-state index contributed by atoms with van der Waals surface area (Å²) in [7, 11) is 3.27. The molecule has 4 aromatic rings. The Kier molecular flexibility index (Phi) is 6.31. The molecule has 0 amide bonds. The van der Waals surface area contributed by atoms with Gasteiger partial charge in [-0.3, -0.25) is 0 Å². The van der Waals surface area contributed by atoms with Crippen molar-refractivity contribution < 1.29 is 9.47 Å². The van der Waals surface area contributed by atoms with E-state index in [1.165, 1.54) is 0 Å². The summed E-state index contributed by atoms with van der Waals surface area (Å²) in [6, 6.07) is 23.0. The van der Waals surface area contributed by atoms with Gasteiger partial charge < -0.3 is 25.4 Å². The average molecular weight is 428 g/mol. The molecule has 162 valence electrons. The molecule has 0 radical (unpaired) electrons. The number of benzene rings is 3. The van der Waals surface area contributed by atoms with Crippen molar-refractivity contribution in [1.82, 2.24) is 15.0 Å². The fourth-order valence-corrected chi connectivity index (χ4v) is 3.00. The summed E-state index contributed by atoms with van der Waals surface area (Å²) in [6.07, 6.45) is 0. The van der Waals surface area contributed by atoms with E-state index in [9.17, 15) is 0 Å². The van der Waals surface area contributed by atoms with Gasteiger partial charge in [0.05, 0.1) is 14.2 Å². The third kappa shape index (κ3) is 5.42. The molecule has 8 nitrogen and oxygen atoms in total. The second-order valence-electron chi connectivity index (χ2n) is 7.01. The number of methoxy groups -OCH3 is 2. The van der Waals surface area contributed by atoms with Gasteiger partial charge >= 0.3 is 0 Å². The second kappa shape index (κ2) is 9.65. The van der Waals surface area contributed by atoms with Gasteiger partial charge in [0.1, 0.15) is 11.5 Å². The maximum absolute atomic E-state index is 5.22. The Hall–Kier alpha value is -4.33. The summed E-state index contributed by atoms with van der Waals surface area (Å²) in [5.74, 6) is 2.76. The second-order valence-corrected chi connectivity index (χ2v) is 7.01. The zero-order valence-electron chi connectivity index (χ0n) is 18.1. The number of ether oxygens (including phenoxy) is 2. The molecule has 0 bridgehead atoms. The molecule has 0 fully saturated rings. The van der Waals surface area contributed by atoms with E-state index in [4.69, 9.17) is 9.47 Å². The number of aromatic nitrogens is 3. The highest BCUT2D eigenvalue weighted by molar-refractivity contribution is 5.62. The van der Waals surface area contributed by atoms with Crippen molar-refractivity contribution in [3.63, 3.8) is 0 Å². The first-order valence-electron chi connectivity index (χ1n) is 10.0. The number of hydrogen-bond donors (Lipinski definition) is 3. The number of hydrogen-bond acceptors (Lipinski definition) is 8. The van der Waals surface area contributed by atoms with E-state index in [2.05, 4.69) is 30.9 Å². The van der Waals surface area contributed by atoms with Gasteiger partial charge in [0.25, 0.3) is 0 Å². The van der Waals surface area contributed by atoms with Crippen LogP contribution in [0.5, 0.6) is 11.5 Å². The Labute approximate surface area is 186 Å². The predicted octanol–water partition coefficient (Wildman–Crippen LogP) is 5.43. The summed E-state index contributed by atoms with van der Waals surface area (Å²) in [5, 5.41) is 9.69. The lowest BCUT2D eigenvalue weighted by Crippen LogP contribution is -2.07. The molecule has 0 aliphatic carbocycles. The first-order chi connectivity index (χ1) is 15.6. The minimum atomic E-state index is 0.399. The highest BCUT2D eigenvalue weighted by Gasteiger charge is 2.09. The Morgan fingerprint density at radius 2 is 1.00 bits per heavy atom. The van der Waals surface area contributed by atoms with E-state index in [1.807, 2.05) is 79.7 Å². The first kappa shape index (κ1) is 20.9. The Morgan fingerprint density at radius 1 is 0.562 bits per heavy atom. The predicted molar refractivity (Wildman–Crippen MR) is 127 cm³/mol. The van der Waals surface area contributed by atoms with Gasteiger partial charge in [0.15, 0.2) is 0 Å². The van der Waals surface area contributed by atoms with Gasteiger partial charge in [-0.2, -0.15) is 15.0 Å². The molecule has 0 aliphatic rings. The fourth-order valence-electron chi connectivity index (χ4n) is 3.00. The zero-order valence-corrected chi connectivity index (χ0v) is 18.1. The lowest BCUT2D eigenvalue weighted by Gasteiger charge is -2.12. The summed E-state index contributed by atoms with van der Waals surface area (Å²) in [4.78, 5) is 13.6. The molecule has 1 aromatic heterocycles. The van der Waals surface area contributed by atoms with Crippen molar-refractivity contribution >= 4 is 34.9 Å². The molecule has 0 saturated carbocycles. The van der Waals surface area contributed by atoms with Crippen molar-refractivity contribution in [3.8, 4) is 11.5 Å². The van der Waals surface area contributed by atoms with E-state index >= 15 is 0 Å². The van der Waals surface area contributed by atoms with Crippen molar-refractivity contribution in [2.75, 3.05) is 30.2 Å². The third-order valence-corrected chi connectivity index (χ3v) is 4.60. The maximum atomic E-state index is 5.22. The molecule has 0 saturated heterocycles.